The van der Waals surface area contributed by atoms with Gasteiger partial charge in [-0.15, -0.1) is 0 Å². The molecule has 7 nitrogen and oxygen atoms in total. The minimum absolute atomic E-state index is 0.0455. The van der Waals surface area contributed by atoms with Crippen LogP contribution in [0.25, 0.3) is 0 Å². The normalized spacial score (nSPS) is 16.1. The fourth-order valence-electron chi connectivity index (χ4n) is 2.58. The van der Waals surface area contributed by atoms with E-state index in [2.05, 4.69) is 0 Å². The van der Waals surface area contributed by atoms with Crippen LogP contribution in [0.5, 0.6) is 0 Å². The van der Waals surface area contributed by atoms with Crippen molar-refractivity contribution in [3.8, 4) is 0 Å². The van der Waals surface area contributed by atoms with Gasteiger partial charge in [-0.25, -0.2) is 13.6 Å². The van der Waals surface area contributed by atoms with Crippen molar-refractivity contribution in [2.75, 3.05) is 36.8 Å². The number of nitrogen functional groups attached to an aromatic ring is 1. The van der Waals surface area contributed by atoms with E-state index in [1.54, 1.807) is 24.8 Å². The zero-order valence-corrected chi connectivity index (χ0v) is 13.0. The molecule has 21 heavy (non-hydrogen) atoms. The first kappa shape index (κ1) is 15.6. The Morgan fingerprint density at radius 3 is 2.24 bits per heavy atom. The van der Waals surface area contributed by atoms with E-state index in [4.69, 9.17) is 10.9 Å². The molecule has 1 aliphatic heterocycles. The molecule has 0 spiro atoms. The van der Waals surface area contributed by atoms with Gasteiger partial charge in [-0.05, 0) is 24.6 Å². The summed E-state index contributed by atoms with van der Waals surface area (Å²) in [4.78, 5) is 15.2. The minimum Gasteiger partial charge on any atom is -0.399 e. The second-order valence-electron chi connectivity index (χ2n) is 5.20. The molecule has 0 unspecified atom stereocenters. The Morgan fingerprint density at radius 2 is 1.76 bits per heavy atom. The van der Waals surface area contributed by atoms with E-state index in [0.717, 1.165) is 5.69 Å². The number of carbonyl (C=O) groups is 1. The van der Waals surface area contributed by atoms with Gasteiger partial charge in [-0.2, -0.15) is 0 Å². The number of nitrogens with two attached hydrogens (primary N) is 2. The summed E-state index contributed by atoms with van der Waals surface area (Å²) in [5, 5.41) is 5.23. The molecular weight excluding hydrogens is 292 g/mol. The second kappa shape index (κ2) is 5.53. The van der Waals surface area contributed by atoms with Gasteiger partial charge in [0.1, 0.15) is 0 Å². The van der Waals surface area contributed by atoms with Crippen molar-refractivity contribution in [2.24, 2.45) is 5.14 Å². The lowest BCUT2D eigenvalue weighted by Gasteiger charge is -2.36. The molecule has 1 aromatic rings. The van der Waals surface area contributed by atoms with Crippen LogP contribution < -0.4 is 15.8 Å². The number of anilines is 2. The molecule has 1 aliphatic rings. The van der Waals surface area contributed by atoms with E-state index in [-0.39, 0.29) is 10.8 Å². The van der Waals surface area contributed by atoms with Crippen LogP contribution in [0.4, 0.5) is 11.4 Å². The lowest BCUT2D eigenvalue weighted by molar-refractivity contribution is -0.129. The van der Waals surface area contributed by atoms with Gasteiger partial charge >= 0.3 is 0 Å². The summed E-state index contributed by atoms with van der Waals surface area (Å²) in [6, 6.07) is 3.12. The van der Waals surface area contributed by atoms with Crippen molar-refractivity contribution in [3.63, 3.8) is 0 Å². The number of hydrogen-bond acceptors (Lipinski definition) is 5. The van der Waals surface area contributed by atoms with Gasteiger partial charge in [0.2, 0.25) is 15.9 Å². The average molecular weight is 312 g/mol. The number of sulfonamides is 1. The van der Waals surface area contributed by atoms with E-state index in [0.29, 0.717) is 37.4 Å². The summed E-state index contributed by atoms with van der Waals surface area (Å²) in [5.74, 6) is 0.0455. The van der Waals surface area contributed by atoms with E-state index in [9.17, 15) is 13.2 Å². The lowest BCUT2D eigenvalue weighted by atomic mass is 10.1. The van der Waals surface area contributed by atoms with Crippen LogP contribution in [0.3, 0.4) is 0 Å². The van der Waals surface area contributed by atoms with Gasteiger partial charge in [0.15, 0.2) is 0 Å². The Labute approximate surface area is 124 Å². The molecule has 1 amide bonds. The van der Waals surface area contributed by atoms with E-state index >= 15 is 0 Å². The van der Waals surface area contributed by atoms with E-state index in [1.165, 1.54) is 6.07 Å². The third-order valence-electron chi connectivity index (χ3n) is 3.73. The maximum Gasteiger partial charge on any atom is 0.238 e. The molecule has 116 valence electrons. The van der Waals surface area contributed by atoms with Gasteiger partial charge in [-0.1, -0.05) is 0 Å². The summed E-state index contributed by atoms with van der Waals surface area (Å²) < 4.78 is 23.3. The number of benzene rings is 1. The Bertz CT molecular complexity index is 664. The Balaban J connectivity index is 2.34. The van der Waals surface area contributed by atoms with Gasteiger partial charge in [0, 0.05) is 44.5 Å². The lowest BCUT2D eigenvalue weighted by Crippen LogP contribution is -2.48. The molecule has 2 rings (SSSR count). The molecule has 1 fully saturated rings. The first-order chi connectivity index (χ1) is 9.70. The zero-order valence-electron chi connectivity index (χ0n) is 12.2. The Kier molecular flexibility index (Phi) is 4.11. The first-order valence-electron chi connectivity index (χ1n) is 6.63. The van der Waals surface area contributed by atoms with E-state index < -0.39 is 10.0 Å². The first-order valence-corrected chi connectivity index (χ1v) is 8.18. The number of primary sulfonamides is 1. The largest absolute Gasteiger partial charge is 0.399 e. The molecule has 1 saturated heterocycles. The van der Waals surface area contributed by atoms with Crippen molar-refractivity contribution in [2.45, 2.75) is 18.7 Å². The zero-order chi connectivity index (χ0) is 15.8. The number of nitrogens with zero attached hydrogens (tertiary/aromatic N) is 2. The average Bonchev–Trinajstić information content (AvgIpc) is 2.40. The SMILES string of the molecule is CC(=O)N1CCN(c2cc(N)cc(S(N)(=O)=O)c2C)CC1. The maximum atomic E-state index is 11.6. The van der Waals surface area contributed by atoms with Crippen molar-refractivity contribution < 1.29 is 13.2 Å². The summed E-state index contributed by atoms with van der Waals surface area (Å²) in [6.07, 6.45) is 0. The molecular formula is C13H20N4O3S. The van der Waals surface area contributed by atoms with Gasteiger partial charge < -0.3 is 15.5 Å². The monoisotopic (exact) mass is 312 g/mol. The summed E-state index contributed by atoms with van der Waals surface area (Å²) in [7, 11) is -3.81. The van der Waals surface area contributed by atoms with Gasteiger partial charge in [-0.3, -0.25) is 4.79 Å². The Hall–Kier alpha value is -1.80. The molecule has 0 radical (unpaired) electrons. The van der Waals surface area contributed by atoms with Gasteiger partial charge in [0.05, 0.1) is 4.90 Å². The predicted octanol–water partition coefficient (Wildman–Crippen LogP) is -0.107. The third kappa shape index (κ3) is 3.27. The van der Waals surface area contributed by atoms with Crippen molar-refractivity contribution in [1.29, 1.82) is 0 Å². The summed E-state index contributed by atoms with van der Waals surface area (Å²) in [5.41, 5.74) is 7.49. The molecule has 0 aromatic heterocycles. The highest BCUT2D eigenvalue weighted by Gasteiger charge is 2.23. The number of rotatable bonds is 2. The number of hydrogen-bond donors (Lipinski definition) is 2. The van der Waals surface area contributed by atoms with Crippen molar-refractivity contribution in [3.05, 3.63) is 17.7 Å². The quantitative estimate of drug-likeness (QED) is 0.741. The number of amides is 1. The Morgan fingerprint density at radius 1 is 1.19 bits per heavy atom. The minimum atomic E-state index is -3.81. The molecule has 1 aromatic carbocycles. The fourth-order valence-corrected chi connectivity index (χ4v) is 3.41. The summed E-state index contributed by atoms with van der Waals surface area (Å²) in [6.45, 7) is 5.73. The molecule has 0 atom stereocenters. The number of piperazine rings is 1. The molecule has 0 bridgehead atoms. The standard InChI is InChI=1S/C13H20N4O3S/c1-9-12(7-11(14)8-13(9)21(15,19)20)17-5-3-16(4-6-17)10(2)18/h7-8H,3-6,14H2,1-2H3,(H2,15,19,20). The number of carbonyl (C=O) groups excluding carboxylic acids is 1. The molecule has 4 N–H and O–H groups in total. The molecule has 0 aliphatic carbocycles. The van der Waals surface area contributed by atoms with Gasteiger partial charge in [0.25, 0.3) is 0 Å². The molecule has 8 heteroatoms. The smallest absolute Gasteiger partial charge is 0.238 e. The van der Waals surface area contributed by atoms with Crippen LogP contribution in [-0.4, -0.2) is 45.4 Å². The highest BCUT2D eigenvalue weighted by molar-refractivity contribution is 7.89. The third-order valence-corrected chi connectivity index (χ3v) is 4.76. The van der Waals surface area contributed by atoms with Crippen LogP contribution >= 0.6 is 0 Å². The van der Waals surface area contributed by atoms with Crippen molar-refractivity contribution >= 4 is 27.3 Å². The summed E-state index contributed by atoms with van der Waals surface area (Å²) >= 11 is 0. The van der Waals surface area contributed by atoms with Crippen LogP contribution in [0, 0.1) is 6.92 Å². The van der Waals surface area contributed by atoms with Crippen LogP contribution in [0.15, 0.2) is 17.0 Å². The highest BCUT2D eigenvalue weighted by atomic mass is 32.2. The predicted molar refractivity (Wildman–Crippen MR) is 81.4 cm³/mol. The fraction of sp³-hybridized carbons (Fsp3) is 0.462. The van der Waals surface area contributed by atoms with Crippen molar-refractivity contribution in [1.82, 2.24) is 4.90 Å². The second-order valence-corrected chi connectivity index (χ2v) is 6.73. The molecule has 1 heterocycles. The topological polar surface area (TPSA) is 110 Å². The highest BCUT2D eigenvalue weighted by Crippen LogP contribution is 2.29. The van der Waals surface area contributed by atoms with Crippen LogP contribution in [0.2, 0.25) is 0 Å². The molecule has 0 saturated carbocycles. The van der Waals surface area contributed by atoms with Crippen LogP contribution in [-0.2, 0) is 14.8 Å². The van der Waals surface area contributed by atoms with Crippen LogP contribution in [0.1, 0.15) is 12.5 Å². The van der Waals surface area contributed by atoms with E-state index in [1.807, 2.05) is 4.90 Å². The maximum absolute atomic E-state index is 11.6.